The van der Waals surface area contributed by atoms with Gasteiger partial charge in [0.25, 0.3) is 5.91 Å². The lowest BCUT2D eigenvalue weighted by Gasteiger charge is -2.33. The van der Waals surface area contributed by atoms with Crippen LogP contribution in [0.2, 0.25) is 0 Å². The van der Waals surface area contributed by atoms with Crippen molar-refractivity contribution in [3.8, 4) is 0 Å². The number of nitrogens with zero attached hydrogens (tertiary/aromatic N) is 3. The van der Waals surface area contributed by atoms with Crippen LogP contribution in [0.3, 0.4) is 0 Å². The SMILES string of the molecule is COC(=O)[C@H]1CCCCN1C(=O)c1snnc1C. The van der Waals surface area contributed by atoms with Gasteiger partial charge in [0.1, 0.15) is 10.9 Å². The van der Waals surface area contributed by atoms with Crippen LogP contribution >= 0.6 is 11.5 Å². The third kappa shape index (κ3) is 2.35. The Hall–Kier alpha value is -1.50. The highest BCUT2D eigenvalue weighted by Gasteiger charge is 2.34. The number of piperidine rings is 1. The first-order valence-electron chi connectivity index (χ1n) is 5.83. The molecule has 1 aromatic rings. The molecule has 1 atom stereocenters. The number of likely N-dealkylation sites (tertiary alicyclic amines) is 1. The van der Waals surface area contributed by atoms with Crippen LogP contribution in [0.25, 0.3) is 0 Å². The van der Waals surface area contributed by atoms with Gasteiger partial charge in [0.2, 0.25) is 0 Å². The van der Waals surface area contributed by atoms with Crippen molar-refractivity contribution in [2.24, 2.45) is 0 Å². The molecule has 0 unspecified atom stereocenters. The molecule has 1 fully saturated rings. The number of aryl methyl sites for hydroxylation is 1. The highest BCUT2D eigenvalue weighted by Crippen LogP contribution is 2.22. The van der Waals surface area contributed by atoms with E-state index in [4.69, 9.17) is 4.74 Å². The first-order valence-corrected chi connectivity index (χ1v) is 6.60. The molecule has 2 rings (SSSR count). The number of carbonyl (C=O) groups excluding carboxylic acids is 2. The molecule has 0 radical (unpaired) electrons. The maximum Gasteiger partial charge on any atom is 0.328 e. The van der Waals surface area contributed by atoms with Crippen LogP contribution in [0.1, 0.15) is 34.6 Å². The van der Waals surface area contributed by atoms with Gasteiger partial charge < -0.3 is 9.64 Å². The van der Waals surface area contributed by atoms with E-state index in [-0.39, 0.29) is 11.9 Å². The van der Waals surface area contributed by atoms with Gasteiger partial charge in [-0.15, -0.1) is 5.10 Å². The maximum absolute atomic E-state index is 12.4. The van der Waals surface area contributed by atoms with Crippen molar-refractivity contribution in [3.05, 3.63) is 10.6 Å². The number of amides is 1. The topological polar surface area (TPSA) is 72.4 Å². The lowest BCUT2D eigenvalue weighted by atomic mass is 10.0. The largest absolute Gasteiger partial charge is 0.467 e. The van der Waals surface area contributed by atoms with Crippen molar-refractivity contribution in [1.82, 2.24) is 14.5 Å². The molecule has 0 spiro atoms. The Morgan fingerprint density at radius 2 is 2.22 bits per heavy atom. The molecule has 0 aromatic carbocycles. The Labute approximate surface area is 109 Å². The highest BCUT2D eigenvalue weighted by atomic mass is 32.1. The van der Waals surface area contributed by atoms with Crippen LogP contribution in [0.5, 0.6) is 0 Å². The molecule has 1 saturated heterocycles. The standard InChI is InChI=1S/C11H15N3O3S/c1-7-9(18-13-12-7)10(15)14-6-4-3-5-8(14)11(16)17-2/h8H,3-6H2,1-2H3/t8-/m1/s1. The van der Waals surface area contributed by atoms with E-state index in [0.717, 1.165) is 24.4 Å². The van der Waals surface area contributed by atoms with Gasteiger partial charge in [-0.2, -0.15) is 0 Å². The second-order valence-corrected chi connectivity index (χ2v) is 4.97. The smallest absolute Gasteiger partial charge is 0.328 e. The van der Waals surface area contributed by atoms with Gasteiger partial charge in [0.15, 0.2) is 0 Å². The predicted molar refractivity (Wildman–Crippen MR) is 65.3 cm³/mol. The van der Waals surface area contributed by atoms with Crippen molar-refractivity contribution in [2.45, 2.75) is 32.2 Å². The van der Waals surface area contributed by atoms with E-state index in [1.807, 2.05) is 0 Å². The Balaban J connectivity index is 2.21. The first-order chi connectivity index (χ1) is 8.65. The number of esters is 1. The average Bonchev–Trinajstić information content (AvgIpc) is 2.83. The van der Waals surface area contributed by atoms with Crippen molar-refractivity contribution in [3.63, 3.8) is 0 Å². The van der Waals surface area contributed by atoms with E-state index in [1.54, 1.807) is 11.8 Å². The first kappa shape index (κ1) is 12.9. The lowest BCUT2D eigenvalue weighted by Crippen LogP contribution is -2.48. The molecule has 0 N–H and O–H groups in total. The van der Waals surface area contributed by atoms with E-state index >= 15 is 0 Å². The number of ether oxygens (including phenoxy) is 1. The second-order valence-electron chi connectivity index (χ2n) is 4.22. The molecule has 0 saturated carbocycles. The summed E-state index contributed by atoms with van der Waals surface area (Å²) in [6, 6.07) is -0.474. The van der Waals surface area contributed by atoms with Crippen LogP contribution in [0.4, 0.5) is 0 Å². The lowest BCUT2D eigenvalue weighted by molar-refractivity contribution is -0.147. The van der Waals surface area contributed by atoms with Gasteiger partial charge in [-0.05, 0) is 37.7 Å². The van der Waals surface area contributed by atoms with Gasteiger partial charge in [-0.25, -0.2) is 4.79 Å². The summed E-state index contributed by atoms with van der Waals surface area (Å²) in [6.07, 6.45) is 2.50. The number of hydrogen-bond donors (Lipinski definition) is 0. The minimum Gasteiger partial charge on any atom is -0.467 e. The molecule has 7 heteroatoms. The highest BCUT2D eigenvalue weighted by molar-refractivity contribution is 7.07. The Morgan fingerprint density at radius 1 is 1.44 bits per heavy atom. The van der Waals surface area contributed by atoms with Gasteiger partial charge in [-0.1, -0.05) is 4.49 Å². The fourth-order valence-electron chi connectivity index (χ4n) is 2.11. The predicted octanol–water partition coefficient (Wildman–Crippen LogP) is 1.01. The van der Waals surface area contributed by atoms with Gasteiger partial charge >= 0.3 is 5.97 Å². The zero-order valence-electron chi connectivity index (χ0n) is 10.4. The van der Waals surface area contributed by atoms with Crippen LogP contribution < -0.4 is 0 Å². The summed E-state index contributed by atoms with van der Waals surface area (Å²) in [5.74, 6) is -0.518. The normalized spacial score (nSPS) is 19.7. The summed E-state index contributed by atoms with van der Waals surface area (Å²) in [4.78, 5) is 26.1. The van der Waals surface area contributed by atoms with Crippen molar-refractivity contribution >= 4 is 23.4 Å². The monoisotopic (exact) mass is 269 g/mol. The summed E-state index contributed by atoms with van der Waals surface area (Å²) in [5.41, 5.74) is 0.610. The molecule has 1 amide bonds. The van der Waals surface area contributed by atoms with E-state index in [0.29, 0.717) is 23.5 Å². The Bertz CT molecular complexity index is 460. The molecule has 1 aliphatic rings. The van der Waals surface area contributed by atoms with Crippen molar-refractivity contribution in [2.75, 3.05) is 13.7 Å². The van der Waals surface area contributed by atoms with Gasteiger partial charge in [-0.3, -0.25) is 4.79 Å². The third-order valence-corrected chi connectivity index (χ3v) is 3.90. The van der Waals surface area contributed by atoms with Gasteiger partial charge in [0, 0.05) is 6.54 Å². The quantitative estimate of drug-likeness (QED) is 0.749. The fraction of sp³-hybridized carbons (Fsp3) is 0.636. The fourth-order valence-corrected chi connectivity index (χ4v) is 2.73. The Morgan fingerprint density at radius 3 is 2.83 bits per heavy atom. The second kappa shape index (κ2) is 5.43. The molecule has 0 bridgehead atoms. The summed E-state index contributed by atoms with van der Waals surface area (Å²) < 4.78 is 8.51. The maximum atomic E-state index is 12.4. The molecular weight excluding hydrogens is 254 g/mol. The minimum atomic E-state index is -0.474. The molecule has 2 heterocycles. The number of rotatable bonds is 2. The molecule has 6 nitrogen and oxygen atoms in total. The van der Waals surface area contributed by atoms with Crippen LogP contribution in [0.15, 0.2) is 0 Å². The summed E-state index contributed by atoms with van der Waals surface area (Å²) in [5, 5.41) is 3.83. The zero-order valence-corrected chi connectivity index (χ0v) is 11.2. The van der Waals surface area contributed by atoms with E-state index in [9.17, 15) is 9.59 Å². The van der Waals surface area contributed by atoms with Crippen LogP contribution in [-0.4, -0.2) is 46.1 Å². The number of methoxy groups -OCH3 is 1. The molecule has 18 heavy (non-hydrogen) atoms. The zero-order chi connectivity index (χ0) is 13.1. The number of hydrogen-bond acceptors (Lipinski definition) is 6. The van der Waals surface area contributed by atoms with E-state index in [2.05, 4.69) is 9.59 Å². The molecule has 98 valence electrons. The summed E-state index contributed by atoms with van der Waals surface area (Å²) >= 11 is 1.07. The number of carbonyl (C=O) groups is 2. The Kier molecular flexibility index (Phi) is 3.90. The summed E-state index contributed by atoms with van der Waals surface area (Å²) in [7, 11) is 1.35. The third-order valence-electron chi connectivity index (χ3n) is 3.08. The molecular formula is C11H15N3O3S. The number of aromatic nitrogens is 2. The molecule has 1 aromatic heterocycles. The molecule has 0 aliphatic carbocycles. The van der Waals surface area contributed by atoms with Crippen molar-refractivity contribution in [1.29, 1.82) is 0 Å². The molecule has 1 aliphatic heterocycles. The van der Waals surface area contributed by atoms with Crippen molar-refractivity contribution < 1.29 is 14.3 Å². The van der Waals surface area contributed by atoms with Crippen LogP contribution in [0, 0.1) is 6.92 Å². The van der Waals surface area contributed by atoms with E-state index < -0.39 is 6.04 Å². The van der Waals surface area contributed by atoms with Gasteiger partial charge in [0.05, 0.1) is 12.8 Å². The average molecular weight is 269 g/mol. The van der Waals surface area contributed by atoms with E-state index in [1.165, 1.54) is 7.11 Å². The summed E-state index contributed by atoms with van der Waals surface area (Å²) in [6.45, 7) is 2.32. The van der Waals surface area contributed by atoms with Crippen LogP contribution in [-0.2, 0) is 9.53 Å². The minimum absolute atomic E-state index is 0.169.